The van der Waals surface area contributed by atoms with E-state index in [4.69, 9.17) is 16.3 Å². The molecule has 8 heteroatoms. The Hall–Kier alpha value is -3.34. The minimum absolute atomic E-state index is 0.0332. The van der Waals surface area contributed by atoms with Gasteiger partial charge in [0.25, 0.3) is 0 Å². The van der Waals surface area contributed by atoms with E-state index < -0.39 is 5.25 Å². The number of aromatic nitrogens is 1. The number of halogens is 1. The molecule has 0 unspecified atom stereocenters. The molecular formula is C23H16ClN3O3S. The zero-order valence-electron chi connectivity index (χ0n) is 16.4. The zero-order valence-corrected chi connectivity index (χ0v) is 18.0. The molecule has 2 heterocycles. The molecule has 31 heavy (non-hydrogen) atoms. The van der Waals surface area contributed by atoms with Gasteiger partial charge in [-0.25, -0.2) is 9.88 Å². The predicted molar refractivity (Wildman–Crippen MR) is 119 cm³/mol. The summed E-state index contributed by atoms with van der Waals surface area (Å²) in [5, 5.41) is 9.78. The molecule has 6 nitrogen and oxygen atoms in total. The topological polar surface area (TPSA) is 83.3 Å². The highest BCUT2D eigenvalue weighted by Crippen LogP contribution is 2.36. The molecule has 1 aliphatic rings. The van der Waals surface area contributed by atoms with E-state index in [-0.39, 0.29) is 18.2 Å². The van der Waals surface area contributed by atoms with Crippen molar-refractivity contribution in [3.05, 3.63) is 71.2 Å². The maximum atomic E-state index is 13.0. The summed E-state index contributed by atoms with van der Waals surface area (Å²) < 4.78 is 5.18. The maximum absolute atomic E-state index is 13.0. The van der Waals surface area contributed by atoms with Crippen LogP contribution in [0.25, 0.3) is 11.3 Å². The van der Waals surface area contributed by atoms with Gasteiger partial charge in [0.1, 0.15) is 16.8 Å². The molecule has 0 bridgehead atoms. The van der Waals surface area contributed by atoms with Crippen LogP contribution >= 0.6 is 23.4 Å². The van der Waals surface area contributed by atoms with Gasteiger partial charge in [0.15, 0.2) is 0 Å². The molecule has 0 aliphatic carbocycles. The summed E-state index contributed by atoms with van der Waals surface area (Å²) in [7, 11) is 1.59. The number of hydrogen-bond acceptors (Lipinski definition) is 6. The fourth-order valence-corrected chi connectivity index (χ4v) is 4.45. The van der Waals surface area contributed by atoms with E-state index in [0.29, 0.717) is 27.0 Å². The molecule has 0 saturated carbocycles. The van der Waals surface area contributed by atoms with Crippen molar-refractivity contribution in [1.29, 1.82) is 5.26 Å². The molecule has 0 radical (unpaired) electrons. The number of pyridine rings is 1. The Bertz CT molecular complexity index is 1190. The number of imide groups is 1. The van der Waals surface area contributed by atoms with Crippen molar-refractivity contribution >= 4 is 40.9 Å². The smallest absolute Gasteiger partial charge is 0.247 e. The lowest BCUT2D eigenvalue weighted by Crippen LogP contribution is -2.31. The van der Waals surface area contributed by atoms with Crippen LogP contribution in [-0.2, 0) is 9.59 Å². The molecule has 4 rings (SSSR count). The quantitative estimate of drug-likeness (QED) is 0.525. The number of benzene rings is 2. The van der Waals surface area contributed by atoms with E-state index in [1.807, 2.05) is 24.3 Å². The molecule has 3 aromatic rings. The number of carbonyl (C=O) groups is 2. The fourth-order valence-electron chi connectivity index (χ4n) is 3.23. The molecular weight excluding hydrogens is 434 g/mol. The molecule has 1 aliphatic heterocycles. The lowest BCUT2D eigenvalue weighted by Gasteiger charge is -2.15. The Balaban J connectivity index is 1.61. The summed E-state index contributed by atoms with van der Waals surface area (Å²) >= 11 is 7.04. The number of rotatable bonds is 5. The third-order valence-electron chi connectivity index (χ3n) is 4.81. The van der Waals surface area contributed by atoms with Crippen molar-refractivity contribution in [2.24, 2.45) is 0 Å². The van der Waals surface area contributed by atoms with Gasteiger partial charge >= 0.3 is 0 Å². The van der Waals surface area contributed by atoms with Crippen molar-refractivity contribution < 1.29 is 14.3 Å². The molecule has 154 valence electrons. The van der Waals surface area contributed by atoms with Crippen molar-refractivity contribution in [2.45, 2.75) is 16.7 Å². The average Bonchev–Trinajstić information content (AvgIpc) is 3.07. The van der Waals surface area contributed by atoms with Crippen LogP contribution < -0.4 is 9.64 Å². The number of hydrogen-bond donors (Lipinski definition) is 0. The number of carbonyl (C=O) groups excluding carboxylic acids is 2. The number of nitriles is 1. The number of amides is 2. The first kappa shape index (κ1) is 20.9. The monoisotopic (exact) mass is 449 g/mol. The van der Waals surface area contributed by atoms with Crippen molar-refractivity contribution in [3.63, 3.8) is 0 Å². The van der Waals surface area contributed by atoms with Crippen LogP contribution in [0.1, 0.15) is 12.0 Å². The Morgan fingerprint density at radius 2 is 1.81 bits per heavy atom. The number of anilines is 1. The minimum Gasteiger partial charge on any atom is -0.497 e. The molecule has 0 spiro atoms. The second kappa shape index (κ2) is 8.80. The molecule has 0 N–H and O–H groups in total. The summed E-state index contributed by atoms with van der Waals surface area (Å²) in [4.78, 5) is 31.3. The fraction of sp³-hybridized carbons (Fsp3) is 0.130. The molecule has 1 aromatic heterocycles. The lowest BCUT2D eigenvalue weighted by molar-refractivity contribution is -0.121. The Morgan fingerprint density at radius 3 is 2.45 bits per heavy atom. The van der Waals surface area contributed by atoms with Gasteiger partial charge in [-0.2, -0.15) is 5.26 Å². The second-order valence-corrected chi connectivity index (χ2v) is 8.37. The van der Waals surface area contributed by atoms with Gasteiger partial charge in [0.05, 0.1) is 29.3 Å². The van der Waals surface area contributed by atoms with Crippen molar-refractivity contribution in [2.75, 3.05) is 12.0 Å². The predicted octanol–water partition coefficient (Wildman–Crippen LogP) is 4.71. The van der Waals surface area contributed by atoms with Crippen LogP contribution in [-0.4, -0.2) is 29.2 Å². The molecule has 1 atom stereocenters. The Morgan fingerprint density at radius 1 is 1.10 bits per heavy atom. The number of methoxy groups -OCH3 is 1. The highest BCUT2D eigenvalue weighted by molar-refractivity contribution is 8.00. The van der Waals surface area contributed by atoms with E-state index in [1.54, 1.807) is 43.5 Å². The van der Waals surface area contributed by atoms with Gasteiger partial charge < -0.3 is 4.74 Å². The normalized spacial score (nSPS) is 15.8. The van der Waals surface area contributed by atoms with Crippen LogP contribution in [0.15, 0.2) is 65.7 Å². The molecule has 1 fully saturated rings. The number of nitrogens with zero attached hydrogens (tertiary/aromatic N) is 3. The number of thioether (sulfide) groups is 1. The second-order valence-electron chi connectivity index (χ2n) is 6.74. The highest BCUT2D eigenvalue weighted by Gasteiger charge is 2.40. The SMILES string of the molecule is COc1ccc(-c2ccc(C#N)c(S[C@H]3CC(=O)N(c4ccc(Cl)cc4)C3=O)n2)cc1. The summed E-state index contributed by atoms with van der Waals surface area (Å²) in [5.74, 6) is 0.0943. The van der Waals surface area contributed by atoms with Crippen LogP contribution in [0.5, 0.6) is 5.75 Å². The first-order chi connectivity index (χ1) is 15.0. The molecule has 1 saturated heterocycles. The van der Waals surface area contributed by atoms with Gasteiger partial charge in [-0.05, 0) is 60.7 Å². The zero-order chi connectivity index (χ0) is 22.0. The van der Waals surface area contributed by atoms with Gasteiger partial charge in [0.2, 0.25) is 11.8 Å². The van der Waals surface area contributed by atoms with E-state index in [1.165, 1.54) is 0 Å². The Labute approximate surface area is 188 Å². The molecule has 2 amide bonds. The van der Waals surface area contributed by atoms with Gasteiger partial charge in [-0.15, -0.1) is 0 Å². The molecule has 2 aromatic carbocycles. The van der Waals surface area contributed by atoms with Gasteiger partial charge in [-0.1, -0.05) is 23.4 Å². The van der Waals surface area contributed by atoms with E-state index in [0.717, 1.165) is 28.0 Å². The Kier molecular flexibility index (Phi) is 5.94. The van der Waals surface area contributed by atoms with Gasteiger partial charge in [-0.3, -0.25) is 9.59 Å². The number of ether oxygens (including phenoxy) is 1. The summed E-state index contributed by atoms with van der Waals surface area (Å²) in [6.45, 7) is 0. The summed E-state index contributed by atoms with van der Waals surface area (Å²) in [6.07, 6.45) is 0.0332. The van der Waals surface area contributed by atoms with Crippen LogP contribution in [0.2, 0.25) is 5.02 Å². The third kappa shape index (κ3) is 4.26. The van der Waals surface area contributed by atoms with E-state index in [2.05, 4.69) is 11.1 Å². The lowest BCUT2D eigenvalue weighted by atomic mass is 10.1. The third-order valence-corrected chi connectivity index (χ3v) is 6.25. The van der Waals surface area contributed by atoms with Crippen LogP contribution in [0, 0.1) is 11.3 Å². The van der Waals surface area contributed by atoms with E-state index in [9.17, 15) is 14.9 Å². The summed E-state index contributed by atoms with van der Waals surface area (Å²) in [6, 6.07) is 19.5. The maximum Gasteiger partial charge on any atom is 0.247 e. The average molecular weight is 450 g/mol. The summed E-state index contributed by atoms with van der Waals surface area (Å²) in [5.41, 5.74) is 2.34. The highest BCUT2D eigenvalue weighted by atomic mass is 35.5. The van der Waals surface area contributed by atoms with Crippen LogP contribution in [0.4, 0.5) is 5.69 Å². The van der Waals surface area contributed by atoms with Gasteiger partial charge in [0, 0.05) is 17.0 Å². The minimum atomic E-state index is -0.658. The van der Waals surface area contributed by atoms with Crippen molar-refractivity contribution in [3.8, 4) is 23.1 Å². The standard InChI is InChI=1S/C23H16ClN3O3S/c1-30-18-9-2-14(3-10-18)19-11-4-15(13-25)22(26-19)31-20-12-21(28)27(23(20)29)17-7-5-16(24)6-8-17/h2-11,20H,12H2,1H3/t20-/m0/s1. The first-order valence-corrected chi connectivity index (χ1v) is 10.6. The van der Waals surface area contributed by atoms with Crippen LogP contribution in [0.3, 0.4) is 0 Å². The largest absolute Gasteiger partial charge is 0.497 e. The van der Waals surface area contributed by atoms with E-state index >= 15 is 0 Å². The van der Waals surface area contributed by atoms with Crippen molar-refractivity contribution in [1.82, 2.24) is 4.98 Å². The first-order valence-electron chi connectivity index (χ1n) is 9.34.